The standard InChI is InChI=1S/C18H14FN3O2/c1-12-4-13(18(23)7-15-3-2-14(19)8-22-15)6-16(5-12)24-17-9-20-11-21-10-17/h2-6,8-11H,7H2,1H3. The van der Waals surface area contributed by atoms with Crippen molar-refractivity contribution in [1.29, 1.82) is 0 Å². The van der Waals surface area contributed by atoms with E-state index in [-0.39, 0.29) is 12.2 Å². The number of ketones is 1. The molecule has 6 heteroatoms. The van der Waals surface area contributed by atoms with Crippen LogP contribution < -0.4 is 4.74 Å². The number of ether oxygens (including phenoxy) is 1. The molecule has 0 amide bonds. The van der Waals surface area contributed by atoms with Crippen molar-refractivity contribution in [2.75, 3.05) is 0 Å². The van der Waals surface area contributed by atoms with Gasteiger partial charge in [0, 0.05) is 11.3 Å². The molecule has 0 saturated carbocycles. The molecule has 2 heterocycles. The fourth-order valence-corrected chi connectivity index (χ4v) is 2.22. The first-order chi connectivity index (χ1) is 11.6. The zero-order valence-electron chi connectivity index (χ0n) is 12.9. The number of hydrogen-bond acceptors (Lipinski definition) is 5. The number of carbonyl (C=O) groups is 1. The van der Waals surface area contributed by atoms with Gasteiger partial charge in [-0.05, 0) is 42.8 Å². The maximum atomic E-state index is 12.9. The smallest absolute Gasteiger partial charge is 0.168 e. The molecular formula is C18H14FN3O2. The predicted octanol–water partition coefficient (Wildman–Crippen LogP) is 3.54. The second kappa shape index (κ2) is 6.95. The Bertz CT molecular complexity index is 852. The Balaban J connectivity index is 1.80. The Morgan fingerprint density at radius 3 is 2.58 bits per heavy atom. The normalized spacial score (nSPS) is 10.4. The van der Waals surface area contributed by atoms with E-state index in [1.807, 2.05) is 13.0 Å². The van der Waals surface area contributed by atoms with Gasteiger partial charge in [-0.2, -0.15) is 0 Å². The highest BCUT2D eigenvalue weighted by Gasteiger charge is 2.11. The van der Waals surface area contributed by atoms with Crippen LogP contribution in [-0.4, -0.2) is 20.7 Å². The molecular weight excluding hydrogens is 309 g/mol. The van der Waals surface area contributed by atoms with Crippen LogP contribution >= 0.6 is 0 Å². The first-order valence-corrected chi connectivity index (χ1v) is 7.28. The molecule has 0 spiro atoms. The third kappa shape index (κ3) is 3.98. The van der Waals surface area contributed by atoms with E-state index >= 15 is 0 Å². The summed E-state index contributed by atoms with van der Waals surface area (Å²) in [4.78, 5) is 24.1. The monoisotopic (exact) mass is 323 g/mol. The molecule has 3 rings (SSSR count). The van der Waals surface area contributed by atoms with Crippen molar-refractivity contribution in [2.45, 2.75) is 13.3 Å². The van der Waals surface area contributed by atoms with E-state index in [2.05, 4.69) is 15.0 Å². The van der Waals surface area contributed by atoms with Crippen LogP contribution in [0.15, 0.2) is 55.2 Å². The van der Waals surface area contributed by atoms with Gasteiger partial charge in [0.1, 0.15) is 17.9 Å². The van der Waals surface area contributed by atoms with Gasteiger partial charge in [0.15, 0.2) is 11.5 Å². The van der Waals surface area contributed by atoms with Gasteiger partial charge in [-0.3, -0.25) is 9.78 Å². The summed E-state index contributed by atoms with van der Waals surface area (Å²) in [5.41, 5.74) is 1.91. The zero-order chi connectivity index (χ0) is 16.9. The van der Waals surface area contributed by atoms with Crippen molar-refractivity contribution in [1.82, 2.24) is 15.0 Å². The predicted molar refractivity (Wildman–Crippen MR) is 85.5 cm³/mol. The van der Waals surface area contributed by atoms with Crippen molar-refractivity contribution in [3.05, 3.63) is 77.9 Å². The first-order valence-electron chi connectivity index (χ1n) is 7.28. The van der Waals surface area contributed by atoms with Crippen LogP contribution in [-0.2, 0) is 6.42 Å². The summed E-state index contributed by atoms with van der Waals surface area (Å²) in [6.07, 6.45) is 5.69. The maximum Gasteiger partial charge on any atom is 0.168 e. The van der Waals surface area contributed by atoms with E-state index in [0.717, 1.165) is 11.8 Å². The molecule has 0 aliphatic carbocycles. The van der Waals surface area contributed by atoms with Crippen molar-refractivity contribution in [2.24, 2.45) is 0 Å². The Labute approximate surface area is 138 Å². The van der Waals surface area contributed by atoms with Crippen LogP contribution in [0.5, 0.6) is 11.5 Å². The van der Waals surface area contributed by atoms with Gasteiger partial charge >= 0.3 is 0 Å². The lowest BCUT2D eigenvalue weighted by Gasteiger charge is -2.08. The number of carbonyl (C=O) groups excluding carboxylic acids is 1. The number of halogens is 1. The summed E-state index contributed by atoms with van der Waals surface area (Å²) in [5.74, 6) is 0.469. The molecule has 0 radical (unpaired) electrons. The highest BCUT2D eigenvalue weighted by atomic mass is 19.1. The zero-order valence-corrected chi connectivity index (χ0v) is 12.9. The van der Waals surface area contributed by atoms with Gasteiger partial charge in [-0.25, -0.2) is 14.4 Å². The van der Waals surface area contributed by atoms with Crippen LogP contribution in [0.1, 0.15) is 21.6 Å². The Morgan fingerprint density at radius 1 is 1.08 bits per heavy atom. The molecule has 0 unspecified atom stereocenters. The molecule has 5 nitrogen and oxygen atoms in total. The van der Waals surface area contributed by atoms with Crippen molar-refractivity contribution >= 4 is 5.78 Å². The number of pyridine rings is 1. The average Bonchev–Trinajstić information content (AvgIpc) is 2.57. The van der Waals surface area contributed by atoms with Crippen LogP contribution in [0.2, 0.25) is 0 Å². The van der Waals surface area contributed by atoms with E-state index in [0.29, 0.717) is 22.8 Å². The molecule has 0 N–H and O–H groups in total. The summed E-state index contributed by atoms with van der Waals surface area (Å²) < 4.78 is 18.6. The van der Waals surface area contributed by atoms with E-state index in [4.69, 9.17) is 4.74 Å². The molecule has 120 valence electrons. The second-order valence-electron chi connectivity index (χ2n) is 5.28. The molecule has 0 aliphatic rings. The lowest BCUT2D eigenvalue weighted by atomic mass is 10.0. The SMILES string of the molecule is Cc1cc(Oc2cncnc2)cc(C(=O)Cc2ccc(F)cn2)c1. The van der Waals surface area contributed by atoms with Gasteiger partial charge in [0.05, 0.1) is 25.0 Å². The molecule has 3 aromatic rings. The number of benzene rings is 1. The minimum Gasteiger partial charge on any atom is -0.454 e. The summed E-state index contributed by atoms with van der Waals surface area (Å²) in [7, 11) is 0. The Kier molecular flexibility index (Phi) is 4.56. The Hall–Kier alpha value is -3.15. The quantitative estimate of drug-likeness (QED) is 0.672. The van der Waals surface area contributed by atoms with Crippen LogP contribution in [0.3, 0.4) is 0 Å². The minimum atomic E-state index is -0.428. The highest BCUT2D eigenvalue weighted by molar-refractivity contribution is 5.97. The molecule has 0 aliphatic heterocycles. The summed E-state index contributed by atoms with van der Waals surface area (Å²) >= 11 is 0. The number of hydrogen-bond donors (Lipinski definition) is 0. The molecule has 0 atom stereocenters. The summed E-state index contributed by atoms with van der Waals surface area (Å²) in [5, 5.41) is 0. The number of aryl methyl sites for hydroxylation is 1. The largest absolute Gasteiger partial charge is 0.454 e. The molecule has 0 saturated heterocycles. The van der Waals surface area contributed by atoms with Crippen molar-refractivity contribution in [3.63, 3.8) is 0 Å². The maximum absolute atomic E-state index is 12.9. The molecule has 2 aromatic heterocycles. The van der Waals surface area contributed by atoms with Crippen molar-refractivity contribution < 1.29 is 13.9 Å². The van der Waals surface area contributed by atoms with Crippen LogP contribution in [0.25, 0.3) is 0 Å². The van der Waals surface area contributed by atoms with Gasteiger partial charge in [-0.1, -0.05) is 0 Å². The van der Waals surface area contributed by atoms with E-state index in [1.165, 1.54) is 18.5 Å². The lowest BCUT2D eigenvalue weighted by Crippen LogP contribution is -2.06. The number of rotatable bonds is 5. The van der Waals surface area contributed by atoms with E-state index in [1.54, 1.807) is 24.5 Å². The summed E-state index contributed by atoms with van der Waals surface area (Å²) in [6, 6.07) is 8.05. The molecule has 0 bridgehead atoms. The highest BCUT2D eigenvalue weighted by Crippen LogP contribution is 2.23. The fourth-order valence-electron chi connectivity index (χ4n) is 2.22. The molecule has 24 heavy (non-hydrogen) atoms. The molecule has 1 aromatic carbocycles. The number of aromatic nitrogens is 3. The van der Waals surface area contributed by atoms with Gasteiger partial charge in [-0.15, -0.1) is 0 Å². The van der Waals surface area contributed by atoms with Crippen LogP contribution in [0, 0.1) is 12.7 Å². The van der Waals surface area contributed by atoms with Crippen molar-refractivity contribution in [3.8, 4) is 11.5 Å². The Morgan fingerprint density at radius 2 is 1.88 bits per heavy atom. The number of nitrogens with zero attached hydrogens (tertiary/aromatic N) is 3. The average molecular weight is 323 g/mol. The van der Waals surface area contributed by atoms with Crippen LogP contribution in [0.4, 0.5) is 4.39 Å². The van der Waals surface area contributed by atoms with Gasteiger partial charge in [0.2, 0.25) is 0 Å². The van der Waals surface area contributed by atoms with Gasteiger partial charge < -0.3 is 4.74 Å². The van der Waals surface area contributed by atoms with E-state index in [9.17, 15) is 9.18 Å². The minimum absolute atomic E-state index is 0.0949. The third-order valence-electron chi connectivity index (χ3n) is 3.28. The topological polar surface area (TPSA) is 65.0 Å². The molecule has 0 fully saturated rings. The van der Waals surface area contributed by atoms with E-state index < -0.39 is 5.82 Å². The summed E-state index contributed by atoms with van der Waals surface area (Å²) in [6.45, 7) is 1.88. The fraction of sp³-hybridized carbons (Fsp3) is 0.111. The first kappa shape index (κ1) is 15.7. The third-order valence-corrected chi connectivity index (χ3v) is 3.28. The number of Topliss-reactive ketones (excluding diaryl/α,β-unsaturated/α-hetero) is 1. The van der Waals surface area contributed by atoms with Gasteiger partial charge in [0.25, 0.3) is 0 Å². The second-order valence-corrected chi connectivity index (χ2v) is 5.28. The lowest BCUT2D eigenvalue weighted by molar-refractivity contribution is 0.0991.